The summed E-state index contributed by atoms with van der Waals surface area (Å²) in [5.41, 5.74) is 4.61. The molecule has 0 aliphatic heterocycles. The monoisotopic (exact) mass is 518 g/mol. The number of carboxylic acid groups (broad SMARTS) is 1. The van der Waals surface area contributed by atoms with Crippen LogP contribution >= 0.6 is 11.7 Å². The molecule has 5 rings (SSSR count). The maximum absolute atomic E-state index is 12.8. The highest BCUT2D eigenvalue weighted by molar-refractivity contribution is 7.00. The molecule has 3 aromatic carbocycles. The summed E-state index contributed by atoms with van der Waals surface area (Å²) < 4.78 is 26.0. The second-order valence-corrected chi connectivity index (χ2v) is 8.65. The molecule has 0 saturated heterocycles. The first-order valence-electron chi connectivity index (χ1n) is 11.1. The Morgan fingerprint density at radius 1 is 0.973 bits per heavy atom. The molecule has 0 spiro atoms. The first kappa shape index (κ1) is 24.1. The van der Waals surface area contributed by atoms with Crippen LogP contribution in [0.4, 0.5) is 10.5 Å². The number of amides is 1. The second kappa shape index (κ2) is 9.78. The van der Waals surface area contributed by atoms with E-state index < -0.39 is 12.1 Å². The fourth-order valence-corrected chi connectivity index (χ4v) is 4.89. The molecule has 0 aliphatic carbocycles. The van der Waals surface area contributed by atoms with Gasteiger partial charge in [0.2, 0.25) is 0 Å². The van der Waals surface area contributed by atoms with Gasteiger partial charge >= 0.3 is 12.1 Å². The Hall–Kier alpha value is -4.64. The highest BCUT2D eigenvalue weighted by Gasteiger charge is 2.26. The molecule has 0 aliphatic rings. The lowest BCUT2D eigenvalue weighted by Gasteiger charge is -2.12. The minimum atomic E-state index is -1.11. The Morgan fingerprint density at radius 2 is 1.78 bits per heavy atom. The van der Waals surface area contributed by atoms with E-state index in [1.807, 2.05) is 18.2 Å². The van der Waals surface area contributed by atoms with E-state index in [4.69, 9.17) is 14.2 Å². The summed E-state index contributed by atoms with van der Waals surface area (Å²) in [5.74, 6) is -0.0930. The van der Waals surface area contributed by atoms with Crippen molar-refractivity contribution in [3.63, 3.8) is 0 Å². The molecular formula is C26H22N4O6S. The van der Waals surface area contributed by atoms with Gasteiger partial charge in [-0.3, -0.25) is 5.32 Å². The van der Waals surface area contributed by atoms with Crippen LogP contribution in [-0.4, -0.2) is 51.8 Å². The zero-order valence-corrected chi connectivity index (χ0v) is 21.0. The number of ether oxygens (including phenoxy) is 3. The molecule has 0 bridgehead atoms. The fraction of sp³-hybridized carbons (Fsp3) is 0.154. The van der Waals surface area contributed by atoms with Crippen LogP contribution in [0.25, 0.3) is 33.1 Å². The van der Waals surface area contributed by atoms with E-state index in [1.165, 1.54) is 14.2 Å². The number of nitrogens with zero attached hydrogens (tertiary/aromatic N) is 3. The second-order valence-electron chi connectivity index (χ2n) is 8.12. The van der Waals surface area contributed by atoms with E-state index in [-0.39, 0.29) is 12.2 Å². The molecule has 188 valence electrons. The van der Waals surface area contributed by atoms with Crippen molar-refractivity contribution < 1.29 is 28.9 Å². The van der Waals surface area contributed by atoms with Gasteiger partial charge in [-0.1, -0.05) is 6.07 Å². The Labute approximate surface area is 215 Å². The average Bonchev–Trinajstić information content (AvgIpc) is 3.50. The number of aromatic nitrogens is 3. The van der Waals surface area contributed by atoms with Crippen LogP contribution in [0, 0.1) is 0 Å². The van der Waals surface area contributed by atoms with E-state index >= 15 is 0 Å². The van der Waals surface area contributed by atoms with Crippen molar-refractivity contribution in [1.82, 2.24) is 13.3 Å². The van der Waals surface area contributed by atoms with Gasteiger partial charge in [0.25, 0.3) is 0 Å². The first-order valence-corrected chi connectivity index (χ1v) is 11.8. The number of carbonyl (C=O) groups excluding carboxylic acids is 1. The quantitative estimate of drug-likeness (QED) is 0.299. The molecule has 5 aromatic rings. The zero-order chi connectivity index (χ0) is 26.1. The summed E-state index contributed by atoms with van der Waals surface area (Å²) in [5, 5.41) is 13.7. The molecule has 2 N–H and O–H groups in total. The predicted molar refractivity (Wildman–Crippen MR) is 140 cm³/mol. The Morgan fingerprint density at radius 3 is 2.51 bits per heavy atom. The number of benzene rings is 3. The van der Waals surface area contributed by atoms with Gasteiger partial charge in [-0.25, -0.2) is 9.59 Å². The third-order valence-electron chi connectivity index (χ3n) is 6.03. The number of carbonyl (C=O) groups is 2. The largest absolute Gasteiger partial charge is 0.497 e. The smallest absolute Gasteiger partial charge is 0.411 e. The van der Waals surface area contributed by atoms with E-state index in [2.05, 4.69) is 14.1 Å². The number of fused-ring (bicyclic) bond motifs is 2. The Bertz CT molecular complexity index is 1660. The maximum Gasteiger partial charge on any atom is 0.411 e. The molecule has 0 unspecified atom stereocenters. The van der Waals surface area contributed by atoms with Crippen LogP contribution in [0.15, 0.2) is 54.6 Å². The Kier molecular flexibility index (Phi) is 6.36. The third-order valence-corrected chi connectivity index (χ3v) is 6.59. The van der Waals surface area contributed by atoms with Crippen molar-refractivity contribution in [2.75, 3.05) is 26.6 Å². The summed E-state index contributed by atoms with van der Waals surface area (Å²) in [6.45, 7) is 0.272. The minimum Gasteiger partial charge on any atom is -0.497 e. The minimum absolute atomic E-state index is 0.0742. The van der Waals surface area contributed by atoms with Gasteiger partial charge in [0.15, 0.2) is 0 Å². The predicted octanol–water partition coefficient (Wildman–Crippen LogP) is 5.26. The van der Waals surface area contributed by atoms with E-state index in [0.29, 0.717) is 39.2 Å². The summed E-state index contributed by atoms with van der Waals surface area (Å²) in [6.07, 6.45) is -0.633. The summed E-state index contributed by atoms with van der Waals surface area (Å²) in [7, 11) is 4.33. The number of carboxylic acids is 1. The van der Waals surface area contributed by atoms with E-state index in [1.54, 1.807) is 48.1 Å². The molecule has 1 amide bonds. The fourth-order valence-electron chi connectivity index (χ4n) is 4.37. The van der Waals surface area contributed by atoms with Crippen molar-refractivity contribution in [3.8, 4) is 22.6 Å². The number of anilines is 1. The number of methoxy groups -OCH3 is 3. The van der Waals surface area contributed by atoms with Crippen LogP contribution in [0.2, 0.25) is 0 Å². The number of hydrogen-bond acceptors (Lipinski definition) is 8. The lowest BCUT2D eigenvalue weighted by atomic mass is 10.00. The zero-order valence-electron chi connectivity index (χ0n) is 20.1. The van der Waals surface area contributed by atoms with Crippen LogP contribution in [0.3, 0.4) is 0 Å². The molecular weight excluding hydrogens is 496 g/mol. The van der Waals surface area contributed by atoms with Gasteiger partial charge < -0.3 is 23.9 Å². The van der Waals surface area contributed by atoms with Crippen LogP contribution < -0.4 is 14.8 Å². The molecule has 0 fully saturated rings. The molecule has 0 atom stereocenters. The van der Waals surface area contributed by atoms with Crippen LogP contribution in [-0.2, 0) is 11.3 Å². The van der Waals surface area contributed by atoms with Gasteiger partial charge in [0, 0.05) is 40.3 Å². The number of rotatable bonds is 7. The summed E-state index contributed by atoms with van der Waals surface area (Å²) >= 11 is 1.13. The van der Waals surface area contributed by atoms with Gasteiger partial charge in [-0.05, 0) is 48.0 Å². The molecule has 10 nitrogen and oxygen atoms in total. The maximum atomic E-state index is 12.8. The highest BCUT2D eigenvalue weighted by atomic mass is 32.1. The summed E-state index contributed by atoms with van der Waals surface area (Å²) in [4.78, 5) is 24.7. The first-order chi connectivity index (χ1) is 17.9. The molecule has 2 aromatic heterocycles. The van der Waals surface area contributed by atoms with Crippen LogP contribution in [0.5, 0.6) is 11.5 Å². The number of nitrogens with one attached hydrogen (secondary N) is 1. The third kappa shape index (κ3) is 4.40. The SMILES string of the molecule is COC(=O)Nc1ccc2c(c1)c(-c1ccc(OC)cc1OC)c(C(=O)O)n2Cc1ccc2nsnc2c1. The van der Waals surface area contributed by atoms with Gasteiger partial charge in [-0.2, -0.15) is 8.75 Å². The van der Waals surface area contributed by atoms with Crippen molar-refractivity contribution in [1.29, 1.82) is 0 Å². The molecule has 2 heterocycles. The van der Waals surface area contributed by atoms with Gasteiger partial charge in [-0.15, -0.1) is 0 Å². The molecule has 0 radical (unpaired) electrons. The molecule has 0 saturated carbocycles. The standard InChI is InChI=1S/C26H22N4O6S/c1-34-16-6-7-17(22(12-16)35-2)23-18-11-15(27-26(33)36-3)5-9-21(18)30(24(23)25(31)32)13-14-4-8-19-20(10-14)29-37-28-19/h4-12H,13H2,1-3H3,(H,27,33)(H,31,32). The van der Waals surface area contributed by atoms with Crippen molar-refractivity contribution in [2.24, 2.45) is 0 Å². The summed E-state index contributed by atoms with van der Waals surface area (Å²) in [6, 6.07) is 16.1. The lowest BCUT2D eigenvalue weighted by molar-refractivity contribution is 0.0687. The Balaban J connectivity index is 1.78. The molecule has 37 heavy (non-hydrogen) atoms. The van der Waals surface area contributed by atoms with Gasteiger partial charge in [0.05, 0.1) is 33.1 Å². The topological polar surface area (TPSA) is 125 Å². The average molecular weight is 519 g/mol. The molecule has 11 heteroatoms. The van der Waals surface area contributed by atoms with Crippen molar-refractivity contribution in [2.45, 2.75) is 6.54 Å². The van der Waals surface area contributed by atoms with Crippen molar-refractivity contribution in [3.05, 3.63) is 65.9 Å². The normalized spacial score (nSPS) is 11.0. The van der Waals surface area contributed by atoms with E-state index in [0.717, 1.165) is 28.3 Å². The van der Waals surface area contributed by atoms with Crippen LogP contribution in [0.1, 0.15) is 16.1 Å². The number of hydrogen-bond donors (Lipinski definition) is 2. The highest BCUT2D eigenvalue weighted by Crippen LogP contribution is 2.42. The number of aromatic carboxylic acids is 1. The lowest BCUT2D eigenvalue weighted by Crippen LogP contribution is -2.11. The van der Waals surface area contributed by atoms with Gasteiger partial charge in [0.1, 0.15) is 28.2 Å². The van der Waals surface area contributed by atoms with Crippen molar-refractivity contribution >= 4 is 51.4 Å². The van der Waals surface area contributed by atoms with E-state index in [9.17, 15) is 14.7 Å².